The Morgan fingerprint density at radius 2 is 2.04 bits per heavy atom. The number of fused-ring (bicyclic) bond motifs is 1. The Kier molecular flexibility index (Phi) is 4.74. The second-order valence-electron chi connectivity index (χ2n) is 5.63. The molecule has 0 amide bonds. The van der Waals surface area contributed by atoms with Crippen LogP contribution in [0.25, 0.3) is 5.65 Å². The Bertz CT molecular complexity index is 1020. The number of azo groups is 1. The highest BCUT2D eigenvalue weighted by atomic mass is 16.5. The molecule has 0 aliphatic carbocycles. The summed E-state index contributed by atoms with van der Waals surface area (Å²) in [4.78, 5) is 27.1. The van der Waals surface area contributed by atoms with E-state index < -0.39 is 11.9 Å². The Morgan fingerprint density at radius 1 is 1.23 bits per heavy atom. The maximum Gasteiger partial charge on any atom is 0.337 e. The number of rotatable bonds is 5. The highest BCUT2D eigenvalue weighted by molar-refractivity contribution is 5.90. The van der Waals surface area contributed by atoms with Crippen LogP contribution in [-0.2, 0) is 16.0 Å². The van der Waals surface area contributed by atoms with E-state index in [2.05, 4.69) is 19.9 Å². The number of imidazole rings is 1. The molecule has 0 aliphatic rings. The summed E-state index contributed by atoms with van der Waals surface area (Å²) in [5.74, 6) is -1.14. The lowest BCUT2D eigenvalue weighted by Gasteiger charge is -2.00. The summed E-state index contributed by atoms with van der Waals surface area (Å²) in [6, 6.07) is 10.2. The van der Waals surface area contributed by atoms with Gasteiger partial charge in [0.25, 0.3) is 0 Å². The number of esters is 1. The minimum absolute atomic E-state index is 0.267. The number of benzene rings is 1. The van der Waals surface area contributed by atoms with Crippen molar-refractivity contribution >= 4 is 29.1 Å². The van der Waals surface area contributed by atoms with E-state index in [0.717, 1.165) is 5.56 Å². The van der Waals surface area contributed by atoms with E-state index in [0.29, 0.717) is 28.4 Å². The molecule has 26 heavy (non-hydrogen) atoms. The molecule has 0 spiro atoms. The summed E-state index contributed by atoms with van der Waals surface area (Å²) >= 11 is 0. The standard InChI is InChI=1S/C18H16N4O4/c1-11-6-7-22-15(8-11)19-14(10-16(23)24)17(22)21-20-13-5-3-4-12(9-13)18(25)26-2/h3-9H,10H2,1-2H3,(H,23,24). The number of aliphatic carboxylic acids is 1. The first-order chi connectivity index (χ1) is 12.5. The zero-order valence-corrected chi connectivity index (χ0v) is 14.2. The summed E-state index contributed by atoms with van der Waals surface area (Å²) < 4.78 is 6.36. The first-order valence-corrected chi connectivity index (χ1v) is 7.77. The van der Waals surface area contributed by atoms with Gasteiger partial charge in [-0.1, -0.05) is 6.07 Å². The van der Waals surface area contributed by atoms with Gasteiger partial charge in [-0.3, -0.25) is 9.20 Å². The third kappa shape index (κ3) is 3.59. The fourth-order valence-electron chi connectivity index (χ4n) is 2.47. The van der Waals surface area contributed by atoms with E-state index in [1.165, 1.54) is 7.11 Å². The number of methoxy groups -OCH3 is 1. The van der Waals surface area contributed by atoms with Crippen molar-refractivity contribution in [1.82, 2.24) is 9.38 Å². The molecule has 3 aromatic rings. The first-order valence-electron chi connectivity index (χ1n) is 7.77. The predicted octanol–water partition coefficient (Wildman–Crippen LogP) is 3.47. The number of ether oxygens (including phenoxy) is 1. The molecule has 0 bridgehead atoms. The van der Waals surface area contributed by atoms with Gasteiger partial charge in [0.05, 0.1) is 30.5 Å². The highest BCUT2D eigenvalue weighted by Crippen LogP contribution is 2.25. The fraction of sp³-hybridized carbons (Fsp3) is 0.167. The molecule has 0 unspecified atom stereocenters. The topological polar surface area (TPSA) is 106 Å². The highest BCUT2D eigenvalue weighted by Gasteiger charge is 2.15. The Labute approximate surface area is 148 Å². The molecular weight excluding hydrogens is 336 g/mol. The number of carboxylic acid groups (broad SMARTS) is 1. The van der Waals surface area contributed by atoms with Gasteiger partial charge in [-0.15, -0.1) is 10.2 Å². The molecule has 1 aromatic carbocycles. The van der Waals surface area contributed by atoms with Crippen LogP contribution < -0.4 is 0 Å². The van der Waals surface area contributed by atoms with Gasteiger partial charge in [-0.05, 0) is 42.8 Å². The van der Waals surface area contributed by atoms with E-state index in [9.17, 15) is 9.59 Å². The molecule has 3 rings (SSSR count). The van der Waals surface area contributed by atoms with Crippen LogP contribution in [0.2, 0.25) is 0 Å². The minimum Gasteiger partial charge on any atom is -0.481 e. The van der Waals surface area contributed by atoms with Crippen molar-refractivity contribution in [2.45, 2.75) is 13.3 Å². The number of aromatic nitrogens is 2. The molecule has 0 saturated heterocycles. The maximum absolute atomic E-state index is 11.6. The van der Waals surface area contributed by atoms with Crippen LogP contribution in [0.5, 0.6) is 0 Å². The van der Waals surface area contributed by atoms with E-state index in [1.54, 1.807) is 34.9 Å². The Morgan fingerprint density at radius 3 is 2.77 bits per heavy atom. The lowest BCUT2D eigenvalue weighted by molar-refractivity contribution is -0.136. The average molecular weight is 352 g/mol. The summed E-state index contributed by atoms with van der Waals surface area (Å²) in [6.07, 6.45) is 1.50. The summed E-state index contributed by atoms with van der Waals surface area (Å²) in [6.45, 7) is 1.92. The van der Waals surface area contributed by atoms with Crippen LogP contribution in [0.4, 0.5) is 11.5 Å². The van der Waals surface area contributed by atoms with Crippen LogP contribution in [0.15, 0.2) is 52.8 Å². The van der Waals surface area contributed by atoms with Gasteiger partial charge in [0.2, 0.25) is 0 Å². The number of carbonyl (C=O) groups is 2. The largest absolute Gasteiger partial charge is 0.481 e. The molecule has 0 fully saturated rings. The Hall–Kier alpha value is -3.55. The lowest BCUT2D eigenvalue weighted by atomic mass is 10.2. The number of hydrogen-bond acceptors (Lipinski definition) is 6. The van der Waals surface area contributed by atoms with E-state index in [1.807, 2.05) is 19.1 Å². The van der Waals surface area contributed by atoms with Gasteiger partial charge in [0.1, 0.15) is 5.65 Å². The molecular formula is C18H16N4O4. The Balaban J connectivity index is 2.03. The smallest absolute Gasteiger partial charge is 0.337 e. The maximum atomic E-state index is 11.6. The molecule has 0 radical (unpaired) electrons. The van der Waals surface area contributed by atoms with Gasteiger partial charge < -0.3 is 9.84 Å². The number of pyridine rings is 1. The molecule has 2 heterocycles. The van der Waals surface area contributed by atoms with E-state index >= 15 is 0 Å². The summed E-state index contributed by atoms with van der Waals surface area (Å²) in [5, 5.41) is 17.4. The molecule has 0 saturated carbocycles. The third-order valence-corrected chi connectivity index (χ3v) is 3.67. The number of carboxylic acids is 1. The molecule has 1 N–H and O–H groups in total. The normalized spacial score (nSPS) is 11.2. The average Bonchev–Trinajstić information content (AvgIpc) is 2.94. The van der Waals surface area contributed by atoms with Crippen molar-refractivity contribution in [2.24, 2.45) is 10.2 Å². The van der Waals surface area contributed by atoms with Crippen LogP contribution in [0.3, 0.4) is 0 Å². The van der Waals surface area contributed by atoms with Crippen molar-refractivity contribution in [1.29, 1.82) is 0 Å². The van der Waals surface area contributed by atoms with Gasteiger partial charge in [-0.2, -0.15) is 0 Å². The molecule has 8 heteroatoms. The number of aryl methyl sites for hydroxylation is 1. The SMILES string of the molecule is COC(=O)c1cccc(N=Nc2c(CC(=O)O)nc3cc(C)ccn23)c1. The first kappa shape index (κ1) is 17.3. The molecule has 132 valence electrons. The second-order valence-corrected chi connectivity index (χ2v) is 5.63. The van der Waals surface area contributed by atoms with Crippen LogP contribution >= 0.6 is 0 Å². The van der Waals surface area contributed by atoms with Gasteiger partial charge in [0.15, 0.2) is 5.82 Å². The second kappa shape index (κ2) is 7.14. The van der Waals surface area contributed by atoms with Crippen molar-refractivity contribution in [3.8, 4) is 0 Å². The molecule has 8 nitrogen and oxygen atoms in total. The summed E-state index contributed by atoms with van der Waals surface area (Å²) in [5.41, 5.74) is 2.70. The molecule has 2 aromatic heterocycles. The number of hydrogen-bond donors (Lipinski definition) is 1. The van der Waals surface area contributed by atoms with Gasteiger partial charge >= 0.3 is 11.9 Å². The fourth-order valence-corrected chi connectivity index (χ4v) is 2.47. The third-order valence-electron chi connectivity index (χ3n) is 3.67. The van der Waals surface area contributed by atoms with E-state index in [4.69, 9.17) is 5.11 Å². The van der Waals surface area contributed by atoms with Crippen LogP contribution in [-0.4, -0.2) is 33.5 Å². The van der Waals surface area contributed by atoms with Crippen molar-refractivity contribution in [2.75, 3.05) is 7.11 Å². The number of carbonyl (C=O) groups excluding carboxylic acids is 1. The van der Waals surface area contributed by atoms with Crippen molar-refractivity contribution in [3.63, 3.8) is 0 Å². The summed E-state index contributed by atoms with van der Waals surface area (Å²) in [7, 11) is 1.30. The monoisotopic (exact) mass is 352 g/mol. The lowest BCUT2D eigenvalue weighted by Crippen LogP contribution is -2.00. The van der Waals surface area contributed by atoms with Gasteiger partial charge in [0, 0.05) is 6.20 Å². The molecule has 0 aliphatic heterocycles. The zero-order chi connectivity index (χ0) is 18.7. The van der Waals surface area contributed by atoms with Crippen LogP contribution in [0.1, 0.15) is 21.6 Å². The molecule has 0 atom stereocenters. The minimum atomic E-state index is -1.01. The van der Waals surface area contributed by atoms with Crippen molar-refractivity contribution in [3.05, 3.63) is 59.4 Å². The van der Waals surface area contributed by atoms with E-state index in [-0.39, 0.29) is 6.42 Å². The quantitative estimate of drug-likeness (QED) is 0.559. The van der Waals surface area contributed by atoms with Crippen molar-refractivity contribution < 1.29 is 19.4 Å². The van der Waals surface area contributed by atoms with Crippen LogP contribution in [0, 0.1) is 6.92 Å². The predicted molar refractivity (Wildman–Crippen MR) is 93.2 cm³/mol. The number of nitrogens with zero attached hydrogens (tertiary/aromatic N) is 4. The zero-order valence-electron chi connectivity index (χ0n) is 14.2. The van der Waals surface area contributed by atoms with Gasteiger partial charge in [-0.25, -0.2) is 9.78 Å².